The molecule has 2 atom stereocenters. The van der Waals surface area contributed by atoms with E-state index in [1.54, 1.807) is 36.4 Å². The fourth-order valence-electron chi connectivity index (χ4n) is 2.60. The minimum atomic E-state index is -1.03. The second kappa shape index (κ2) is 7.05. The largest absolute Gasteiger partial charge is 0.480 e. The molecule has 1 fully saturated rings. The fraction of sp³-hybridized carbons (Fsp3) is 0.176. The van der Waals surface area contributed by atoms with Gasteiger partial charge in [0.15, 0.2) is 0 Å². The maximum absolute atomic E-state index is 12.9. The van der Waals surface area contributed by atoms with Crippen LogP contribution in [0, 0.1) is 0 Å². The Labute approximate surface area is 153 Å². The predicted octanol–water partition coefficient (Wildman–Crippen LogP) is 4.33. The number of carbonyl (C=O) groups excluding carboxylic acids is 1. The molecule has 1 aliphatic heterocycles. The molecule has 24 heavy (non-hydrogen) atoms. The molecule has 0 spiro atoms. The molecule has 0 unspecified atom stereocenters. The molecule has 4 nitrogen and oxygen atoms in total. The van der Waals surface area contributed by atoms with Crippen LogP contribution < -0.4 is 0 Å². The Morgan fingerprint density at radius 3 is 2.38 bits per heavy atom. The van der Waals surface area contributed by atoms with Gasteiger partial charge in [-0.25, -0.2) is 4.79 Å². The van der Waals surface area contributed by atoms with Crippen LogP contribution in [0.3, 0.4) is 0 Å². The van der Waals surface area contributed by atoms with E-state index < -0.39 is 17.4 Å². The van der Waals surface area contributed by atoms with Crippen molar-refractivity contribution in [2.45, 2.75) is 11.4 Å². The number of carboxylic acids is 1. The highest BCUT2D eigenvalue weighted by Crippen LogP contribution is 2.44. The zero-order chi connectivity index (χ0) is 17.3. The van der Waals surface area contributed by atoms with Crippen LogP contribution in [0.2, 0.25) is 10.0 Å². The van der Waals surface area contributed by atoms with Crippen LogP contribution in [-0.4, -0.2) is 33.7 Å². The number of thioether (sulfide) groups is 1. The lowest BCUT2D eigenvalue weighted by molar-refractivity contribution is -0.141. The topological polar surface area (TPSA) is 57.6 Å². The first-order chi connectivity index (χ1) is 11.5. The number of carbonyl (C=O) groups is 2. The van der Waals surface area contributed by atoms with E-state index in [1.807, 2.05) is 12.1 Å². The van der Waals surface area contributed by atoms with Gasteiger partial charge in [-0.3, -0.25) is 4.79 Å². The van der Waals surface area contributed by atoms with Gasteiger partial charge in [-0.15, -0.1) is 11.8 Å². The maximum Gasteiger partial charge on any atom is 0.327 e. The highest BCUT2D eigenvalue weighted by molar-refractivity contribution is 7.99. The molecule has 1 aliphatic rings. The number of aliphatic carboxylic acids is 1. The third-order valence-electron chi connectivity index (χ3n) is 3.78. The summed E-state index contributed by atoms with van der Waals surface area (Å²) >= 11 is 13.5. The van der Waals surface area contributed by atoms with E-state index in [1.165, 1.54) is 16.7 Å². The molecule has 3 rings (SSSR count). The molecule has 1 amide bonds. The summed E-state index contributed by atoms with van der Waals surface area (Å²) < 4.78 is 0. The van der Waals surface area contributed by atoms with Gasteiger partial charge in [0, 0.05) is 26.9 Å². The number of nitrogens with zero attached hydrogens (tertiary/aromatic N) is 1. The van der Waals surface area contributed by atoms with E-state index >= 15 is 0 Å². The molecule has 1 heterocycles. The number of rotatable bonds is 3. The van der Waals surface area contributed by atoms with Crippen molar-refractivity contribution < 1.29 is 14.7 Å². The second-order valence-corrected chi connectivity index (χ2v) is 7.24. The minimum absolute atomic E-state index is 0.310. The lowest BCUT2D eigenvalue weighted by Crippen LogP contribution is -2.43. The van der Waals surface area contributed by atoms with Crippen molar-refractivity contribution in [3.8, 4) is 0 Å². The Hall–Kier alpha value is -1.69. The Kier molecular flexibility index (Phi) is 5.04. The number of hydrogen-bond acceptors (Lipinski definition) is 3. The number of hydrogen-bond donors (Lipinski definition) is 1. The van der Waals surface area contributed by atoms with Gasteiger partial charge in [-0.2, -0.15) is 0 Å². The van der Waals surface area contributed by atoms with Gasteiger partial charge in [0.1, 0.15) is 11.4 Å². The van der Waals surface area contributed by atoms with Gasteiger partial charge in [-0.05, 0) is 30.3 Å². The Morgan fingerprint density at radius 2 is 1.75 bits per heavy atom. The number of amides is 1. The molecular weight excluding hydrogens is 369 g/mol. The average molecular weight is 382 g/mol. The molecule has 2 aromatic carbocycles. The first-order valence-corrected chi connectivity index (χ1v) is 8.96. The monoisotopic (exact) mass is 381 g/mol. The van der Waals surface area contributed by atoms with Crippen molar-refractivity contribution in [1.29, 1.82) is 0 Å². The molecule has 0 bridgehead atoms. The molecule has 0 aromatic heterocycles. The van der Waals surface area contributed by atoms with Gasteiger partial charge in [0.25, 0.3) is 5.91 Å². The van der Waals surface area contributed by atoms with Gasteiger partial charge in [-0.1, -0.05) is 41.4 Å². The van der Waals surface area contributed by atoms with Crippen LogP contribution in [-0.2, 0) is 4.79 Å². The average Bonchev–Trinajstić information content (AvgIpc) is 3.00. The van der Waals surface area contributed by atoms with E-state index in [2.05, 4.69) is 0 Å². The number of carboxylic acid groups (broad SMARTS) is 1. The molecule has 0 saturated carbocycles. The normalized spacial score (nSPS) is 20.2. The van der Waals surface area contributed by atoms with E-state index in [0.29, 0.717) is 21.4 Å². The van der Waals surface area contributed by atoms with Gasteiger partial charge >= 0.3 is 5.97 Å². The standard InChI is InChI=1S/C17H13Cl2NO3S/c18-11-7-5-10(6-8-11)15(21)20-14(17(22)23)9-24-16(20)12-3-1-2-4-13(12)19/h1-8,14,16H,9H2,(H,22,23)/t14-,16-/m1/s1. The Bertz CT molecular complexity index is 782. The summed E-state index contributed by atoms with van der Waals surface area (Å²) in [6, 6.07) is 12.7. The second-order valence-electron chi connectivity index (χ2n) is 5.28. The molecule has 0 radical (unpaired) electrons. The summed E-state index contributed by atoms with van der Waals surface area (Å²) in [6.07, 6.45) is 0. The molecule has 1 saturated heterocycles. The zero-order valence-electron chi connectivity index (χ0n) is 12.4. The van der Waals surface area contributed by atoms with E-state index in [9.17, 15) is 14.7 Å². The first-order valence-electron chi connectivity index (χ1n) is 7.16. The first kappa shape index (κ1) is 17.1. The van der Waals surface area contributed by atoms with Crippen LogP contribution in [0.5, 0.6) is 0 Å². The predicted molar refractivity (Wildman–Crippen MR) is 95.7 cm³/mol. The lowest BCUT2D eigenvalue weighted by Gasteiger charge is -2.28. The summed E-state index contributed by atoms with van der Waals surface area (Å²) in [4.78, 5) is 25.9. The summed E-state index contributed by atoms with van der Waals surface area (Å²) in [7, 11) is 0. The smallest absolute Gasteiger partial charge is 0.327 e. The molecule has 2 aromatic rings. The van der Waals surface area contributed by atoms with Crippen LogP contribution in [0.1, 0.15) is 21.3 Å². The SMILES string of the molecule is O=C(O)[C@H]1CS[C@H](c2ccccc2Cl)N1C(=O)c1ccc(Cl)cc1. The van der Waals surface area contributed by atoms with E-state index in [-0.39, 0.29) is 5.91 Å². The van der Waals surface area contributed by atoms with Crippen LogP contribution in [0.15, 0.2) is 48.5 Å². The number of halogens is 2. The minimum Gasteiger partial charge on any atom is -0.480 e. The maximum atomic E-state index is 12.9. The van der Waals surface area contributed by atoms with Gasteiger partial charge < -0.3 is 10.0 Å². The van der Waals surface area contributed by atoms with Gasteiger partial charge in [0.05, 0.1) is 0 Å². The lowest BCUT2D eigenvalue weighted by atomic mass is 10.1. The molecule has 1 N–H and O–H groups in total. The van der Waals surface area contributed by atoms with Crippen molar-refractivity contribution in [2.24, 2.45) is 0 Å². The highest BCUT2D eigenvalue weighted by Gasteiger charge is 2.43. The third kappa shape index (κ3) is 3.24. The summed E-state index contributed by atoms with van der Waals surface area (Å²) in [5.41, 5.74) is 1.13. The summed E-state index contributed by atoms with van der Waals surface area (Å²) in [5, 5.41) is 10.1. The Balaban J connectivity index is 2.01. The van der Waals surface area contributed by atoms with E-state index in [4.69, 9.17) is 23.2 Å². The molecule has 0 aliphatic carbocycles. The summed E-state index contributed by atoms with van der Waals surface area (Å²) in [6.45, 7) is 0. The van der Waals surface area contributed by atoms with E-state index in [0.717, 1.165) is 5.56 Å². The van der Waals surface area contributed by atoms with Crippen LogP contribution in [0.4, 0.5) is 0 Å². The fourth-order valence-corrected chi connectivity index (χ4v) is 4.49. The van der Waals surface area contributed by atoms with Crippen molar-refractivity contribution in [3.05, 3.63) is 69.7 Å². The Morgan fingerprint density at radius 1 is 1.08 bits per heavy atom. The van der Waals surface area contributed by atoms with Crippen molar-refractivity contribution in [3.63, 3.8) is 0 Å². The van der Waals surface area contributed by atoms with Crippen molar-refractivity contribution in [2.75, 3.05) is 5.75 Å². The molecule has 7 heteroatoms. The van der Waals surface area contributed by atoms with Crippen molar-refractivity contribution >= 4 is 46.8 Å². The summed E-state index contributed by atoms with van der Waals surface area (Å²) in [5.74, 6) is -1.07. The quantitative estimate of drug-likeness (QED) is 0.858. The van der Waals surface area contributed by atoms with Gasteiger partial charge in [0.2, 0.25) is 0 Å². The van der Waals surface area contributed by atoms with Crippen molar-refractivity contribution in [1.82, 2.24) is 4.90 Å². The number of benzene rings is 2. The van der Waals surface area contributed by atoms with Crippen LogP contribution >= 0.6 is 35.0 Å². The highest BCUT2D eigenvalue weighted by atomic mass is 35.5. The molecular formula is C17H13Cl2NO3S. The third-order valence-corrected chi connectivity index (χ3v) is 5.68. The molecule has 124 valence electrons. The van der Waals surface area contributed by atoms with Crippen LogP contribution in [0.25, 0.3) is 0 Å². The zero-order valence-corrected chi connectivity index (χ0v) is 14.7.